The van der Waals surface area contributed by atoms with Crippen molar-refractivity contribution in [2.75, 3.05) is 40.3 Å². The largest absolute Gasteiger partial charge is 0.335 e. The molecule has 1 aromatic heterocycles. The molecule has 0 atom stereocenters. The molecule has 2 rings (SSSR count). The predicted octanol–water partition coefficient (Wildman–Crippen LogP) is -0.140. The summed E-state index contributed by atoms with van der Waals surface area (Å²) < 4.78 is 1.61. The Morgan fingerprint density at radius 2 is 1.74 bits per heavy atom. The van der Waals surface area contributed by atoms with Gasteiger partial charge in [-0.05, 0) is 0 Å². The number of nitrogens with zero attached hydrogens (tertiary/aromatic N) is 5. The van der Waals surface area contributed by atoms with Crippen molar-refractivity contribution in [3.63, 3.8) is 0 Å². The fraction of sp³-hybridized carbons (Fsp3) is 0.583. The highest BCUT2D eigenvalue weighted by molar-refractivity contribution is 5.93. The molecule has 7 heteroatoms. The molecule has 0 unspecified atom stereocenters. The summed E-state index contributed by atoms with van der Waals surface area (Å²) in [6.07, 6.45) is 3.28. The second-order valence-electron chi connectivity index (χ2n) is 4.86. The number of amides is 3. The van der Waals surface area contributed by atoms with Crippen LogP contribution in [0.15, 0.2) is 12.4 Å². The molecule has 1 aliphatic rings. The highest BCUT2D eigenvalue weighted by atomic mass is 16.2. The highest BCUT2D eigenvalue weighted by Crippen LogP contribution is 2.09. The van der Waals surface area contributed by atoms with E-state index in [9.17, 15) is 9.59 Å². The summed E-state index contributed by atoms with van der Waals surface area (Å²) in [7, 11) is 5.25. The molecule has 7 nitrogen and oxygen atoms in total. The van der Waals surface area contributed by atoms with Gasteiger partial charge in [0.05, 0.1) is 11.8 Å². The maximum atomic E-state index is 12.2. The van der Waals surface area contributed by atoms with Gasteiger partial charge in [0.15, 0.2) is 0 Å². The smallest absolute Gasteiger partial charge is 0.319 e. The number of piperazine rings is 1. The molecule has 104 valence electrons. The molecule has 0 N–H and O–H groups in total. The zero-order valence-corrected chi connectivity index (χ0v) is 11.5. The van der Waals surface area contributed by atoms with E-state index in [0.29, 0.717) is 31.7 Å². The summed E-state index contributed by atoms with van der Waals surface area (Å²) in [6.45, 7) is 2.27. The minimum Gasteiger partial charge on any atom is -0.335 e. The van der Waals surface area contributed by atoms with E-state index in [-0.39, 0.29) is 11.9 Å². The van der Waals surface area contributed by atoms with Crippen LogP contribution in [-0.4, -0.2) is 76.7 Å². The number of rotatable bonds is 1. The summed E-state index contributed by atoms with van der Waals surface area (Å²) >= 11 is 0. The Bertz CT molecular complexity index is 474. The van der Waals surface area contributed by atoms with Crippen molar-refractivity contribution in [3.05, 3.63) is 18.0 Å². The Labute approximate surface area is 112 Å². The SMILES string of the molecule is CN(C)C(=O)N1CCN(C(=O)c2cnn(C)c2)CC1. The first-order valence-corrected chi connectivity index (χ1v) is 6.23. The molecule has 1 fully saturated rings. The zero-order chi connectivity index (χ0) is 14.0. The third-order valence-corrected chi connectivity index (χ3v) is 3.17. The lowest BCUT2D eigenvalue weighted by Crippen LogP contribution is -2.52. The molecular weight excluding hydrogens is 246 g/mol. The van der Waals surface area contributed by atoms with Gasteiger partial charge < -0.3 is 14.7 Å². The molecule has 1 aromatic rings. The average molecular weight is 265 g/mol. The van der Waals surface area contributed by atoms with E-state index in [4.69, 9.17) is 0 Å². The normalized spacial score (nSPS) is 15.5. The van der Waals surface area contributed by atoms with Crippen molar-refractivity contribution in [3.8, 4) is 0 Å². The summed E-state index contributed by atoms with van der Waals surface area (Å²) in [5.41, 5.74) is 0.592. The Morgan fingerprint density at radius 1 is 1.16 bits per heavy atom. The molecule has 2 heterocycles. The fourth-order valence-corrected chi connectivity index (χ4v) is 2.10. The van der Waals surface area contributed by atoms with Gasteiger partial charge >= 0.3 is 6.03 Å². The lowest BCUT2D eigenvalue weighted by molar-refractivity contribution is 0.0650. The van der Waals surface area contributed by atoms with Crippen LogP contribution in [-0.2, 0) is 7.05 Å². The molecule has 0 radical (unpaired) electrons. The van der Waals surface area contributed by atoms with Crippen LogP contribution in [0.1, 0.15) is 10.4 Å². The van der Waals surface area contributed by atoms with Crippen LogP contribution in [0.25, 0.3) is 0 Å². The van der Waals surface area contributed by atoms with Crippen LogP contribution in [0.4, 0.5) is 4.79 Å². The zero-order valence-electron chi connectivity index (χ0n) is 11.5. The van der Waals surface area contributed by atoms with Crippen molar-refractivity contribution in [1.29, 1.82) is 0 Å². The van der Waals surface area contributed by atoms with E-state index in [0.717, 1.165) is 0 Å². The number of aryl methyl sites for hydroxylation is 1. The van der Waals surface area contributed by atoms with Crippen LogP contribution in [0, 0.1) is 0 Å². The minimum atomic E-state index is -0.0231. The van der Waals surface area contributed by atoms with Gasteiger partial charge in [-0.25, -0.2) is 4.79 Å². The van der Waals surface area contributed by atoms with Crippen LogP contribution in [0.5, 0.6) is 0 Å². The molecule has 0 aromatic carbocycles. The highest BCUT2D eigenvalue weighted by Gasteiger charge is 2.25. The van der Waals surface area contributed by atoms with E-state index in [1.807, 2.05) is 0 Å². The van der Waals surface area contributed by atoms with Crippen molar-refractivity contribution >= 4 is 11.9 Å². The van der Waals surface area contributed by atoms with Gasteiger partial charge in [-0.1, -0.05) is 0 Å². The quantitative estimate of drug-likeness (QED) is 0.710. The Kier molecular flexibility index (Phi) is 3.73. The average Bonchev–Trinajstić information content (AvgIpc) is 2.84. The van der Waals surface area contributed by atoms with Crippen LogP contribution < -0.4 is 0 Å². The standard InChI is InChI=1S/C12H19N5O2/c1-14(2)12(19)17-6-4-16(5-7-17)11(18)10-8-13-15(3)9-10/h8-9H,4-7H2,1-3H3. The first-order chi connectivity index (χ1) is 8.99. The maximum absolute atomic E-state index is 12.2. The van der Waals surface area contributed by atoms with Gasteiger partial charge in [0.25, 0.3) is 5.91 Å². The van der Waals surface area contributed by atoms with E-state index in [2.05, 4.69) is 5.10 Å². The van der Waals surface area contributed by atoms with Crippen LogP contribution >= 0.6 is 0 Å². The number of carbonyl (C=O) groups excluding carboxylic acids is 2. The minimum absolute atomic E-state index is 0.00604. The molecule has 1 aliphatic heterocycles. The summed E-state index contributed by atoms with van der Waals surface area (Å²) in [5.74, 6) is -0.0231. The monoisotopic (exact) mass is 265 g/mol. The second-order valence-corrected chi connectivity index (χ2v) is 4.86. The Morgan fingerprint density at radius 3 is 2.21 bits per heavy atom. The van der Waals surface area contributed by atoms with E-state index in [1.54, 1.807) is 52.9 Å². The van der Waals surface area contributed by atoms with Crippen molar-refractivity contribution in [1.82, 2.24) is 24.5 Å². The number of urea groups is 1. The molecule has 1 saturated heterocycles. The van der Waals surface area contributed by atoms with Crippen LogP contribution in [0.2, 0.25) is 0 Å². The van der Waals surface area contributed by atoms with E-state index in [1.165, 1.54) is 0 Å². The topological polar surface area (TPSA) is 61.7 Å². The predicted molar refractivity (Wildman–Crippen MR) is 69.8 cm³/mol. The van der Waals surface area contributed by atoms with Gasteiger partial charge in [0, 0.05) is 53.5 Å². The lowest BCUT2D eigenvalue weighted by atomic mass is 10.2. The number of carbonyl (C=O) groups is 2. The molecule has 0 saturated carbocycles. The number of aromatic nitrogens is 2. The van der Waals surface area contributed by atoms with Gasteiger partial charge in [0.2, 0.25) is 0 Å². The molecule has 0 bridgehead atoms. The first-order valence-electron chi connectivity index (χ1n) is 6.23. The molecule has 0 spiro atoms. The Hall–Kier alpha value is -2.05. The summed E-state index contributed by atoms with van der Waals surface area (Å²) in [6, 6.07) is -0.00604. The Balaban J connectivity index is 1.93. The molecular formula is C12H19N5O2. The van der Waals surface area contributed by atoms with Gasteiger partial charge in [-0.3, -0.25) is 9.48 Å². The van der Waals surface area contributed by atoms with E-state index >= 15 is 0 Å². The van der Waals surface area contributed by atoms with E-state index < -0.39 is 0 Å². The molecule has 0 aliphatic carbocycles. The van der Waals surface area contributed by atoms with Gasteiger partial charge in [-0.2, -0.15) is 5.10 Å². The van der Waals surface area contributed by atoms with Crippen molar-refractivity contribution in [2.45, 2.75) is 0 Å². The van der Waals surface area contributed by atoms with Crippen LogP contribution in [0.3, 0.4) is 0 Å². The van der Waals surface area contributed by atoms with Crippen molar-refractivity contribution < 1.29 is 9.59 Å². The molecule has 19 heavy (non-hydrogen) atoms. The van der Waals surface area contributed by atoms with Crippen molar-refractivity contribution in [2.24, 2.45) is 7.05 Å². The fourth-order valence-electron chi connectivity index (χ4n) is 2.10. The molecule has 3 amide bonds. The second kappa shape index (κ2) is 5.29. The summed E-state index contributed by atoms with van der Waals surface area (Å²) in [5, 5.41) is 4.00. The van der Waals surface area contributed by atoms with Gasteiger partial charge in [-0.15, -0.1) is 0 Å². The maximum Gasteiger partial charge on any atom is 0.319 e. The van der Waals surface area contributed by atoms with Gasteiger partial charge in [0.1, 0.15) is 0 Å². The third-order valence-electron chi connectivity index (χ3n) is 3.17. The lowest BCUT2D eigenvalue weighted by Gasteiger charge is -2.35. The number of hydrogen-bond donors (Lipinski definition) is 0. The third kappa shape index (κ3) is 2.86. The summed E-state index contributed by atoms with van der Waals surface area (Å²) in [4.78, 5) is 29.0. The first kappa shape index (κ1) is 13.4. The number of hydrogen-bond acceptors (Lipinski definition) is 3.